The van der Waals surface area contributed by atoms with Gasteiger partial charge in [-0.3, -0.25) is 0 Å². The number of hydrogen-bond donors (Lipinski definition) is 1. The highest BCUT2D eigenvalue weighted by molar-refractivity contribution is 7.11. The fourth-order valence-electron chi connectivity index (χ4n) is 2.95. The summed E-state index contributed by atoms with van der Waals surface area (Å²) in [5, 5.41) is 11.5. The molecule has 0 aliphatic carbocycles. The zero-order chi connectivity index (χ0) is 12.6. The molecule has 1 N–H and O–H groups in total. The van der Waals surface area contributed by atoms with E-state index in [-0.39, 0.29) is 11.5 Å². The van der Waals surface area contributed by atoms with Crippen LogP contribution in [0.4, 0.5) is 0 Å². The molecule has 5 heteroatoms. The average molecular weight is 269 g/mol. The fraction of sp³-hybridized carbons (Fsp3) is 0.769. The normalized spacial score (nSPS) is 34.0. The average Bonchev–Trinajstić information content (AvgIpc) is 2.98. The highest BCUT2D eigenvalue weighted by atomic mass is 32.1. The lowest BCUT2D eigenvalue weighted by Gasteiger charge is -2.38. The molecule has 0 saturated carbocycles. The number of thiazole rings is 1. The summed E-state index contributed by atoms with van der Waals surface area (Å²) in [6.07, 6.45) is 4.17. The Balaban J connectivity index is 1.72. The van der Waals surface area contributed by atoms with Crippen LogP contribution < -0.4 is 0 Å². The topological polar surface area (TPSA) is 51.6 Å². The van der Waals surface area contributed by atoms with Crippen molar-refractivity contribution >= 4 is 11.3 Å². The highest BCUT2D eigenvalue weighted by Gasteiger charge is 2.43. The summed E-state index contributed by atoms with van der Waals surface area (Å²) in [5.41, 5.74) is -0.135. The lowest BCUT2D eigenvalue weighted by Crippen LogP contribution is -2.41. The zero-order valence-electron chi connectivity index (χ0n) is 10.6. The SMILES string of the molecule is Cc1ncc(C(O)C2CCOC3(CCOC3)C2)s1. The number of aliphatic hydroxyl groups excluding tert-OH is 1. The Kier molecular flexibility index (Phi) is 3.40. The lowest BCUT2D eigenvalue weighted by atomic mass is 9.82. The summed E-state index contributed by atoms with van der Waals surface area (Å²) < 4.78 is 11.4. The number of ether oxygens (including phenoxy) is 2. The molecule has 2 fully saturated rings. The van der Waals surface area contributed by atoms with E-state index in [1.54, 1.807) is 17.5 Å². The molecule has 1 spiro atoms. The van der Waals surface area contributed by atoms with E-state index in [1.807, 2.05) is 6.92 Å². The van der Waals surface area contributed by atoms with Gasteiger partial charge < -0.3 is 14.6 Å². The Labute approximate surface area is 111 Å². The van der Waals surface area contributed by atoms with Gasteiger partial charge in [-0.05, 0) is 25.7 Å². The van der Waals surface area contributed by atoms with Gasteiger partial charge in [0.15, 0.2) is 0 Å². The minimum absolute atomic E-state index is 0.135. The van der Waals surface area contributed by atoms with Crippen LogP contribution in [-0.4, -0.2) is 35.5 Å². The van der Waals surface area contributed by atoms with Crippen LogP contribution in [-0.2, 0) is 9.47 Å². The van der Waals surface area contributed by atoms with Crippen LogP contribution in [0.25, 0.3) is 0 Å². The molecule has 2 saturated heterocycles. The molecule has 0 aromatic carbocycles. The number of aryl methyl sites for hydroxylation is 1. The Morgan fingerprint density at radius 1 is 1.56 bits per heavy atom. The van der Waals surface area contributed by atoms with E-state index >= 15 is 0 Å². The maximum atomic E-state index is 10.5. The summed E-state index contributed by atoms with van der Waals surface area (Å²) in [6.45, 7) is 4.15. The Hall–Kier alpha value is -0.490. The van der Waals surface area contributed by atoms with Gasteiger partial charge in [0.2, 0.25) is 0 Å². The van der Waals surface area contributed by atoms with Gasteiger partial charge in [0, 0.05) is 25.8 Å². The van der Waals surface area contributed by atoms with Crippen molar-refractivity contribution in [2.45, 2.75) is 37.9 Å². The first kappa shape index (κ1) is 12.5. The third-order valence-electron chi connectivity index (χ3n) is 3.98. The molecule has 2 aliphatic rings. The van der Waals surface area contributed by atoms with Crippen LogP contribution in [0.15, 0.2) is 6.20 Å². The van der Waals surface area contributed by atoms with Crippen LogP contribution in [0.5, 0.6) is 0 Å². The minimum Gasteiger partial charge on any atom is -0.387 e. The molecule has 3 heterocycles. The maximum Gasteiger partial charge on any atom is 0.0940 e. The predicted octanol–water partition coefficient (Wildman–Crippen LogP) is 2.07. The number of nitrogens with zero attached hydrogens (tertiary/aromatic N) is 1. The second-order valence-electron chi connectivity index (χ2n) is 5.31. The van der Waals surface area contributed by atoms with E-state index < -0.39 is 6.10 Å². The van der Waals surface area contributed by atoms with Crippen LogP contribution in [0.3, 0.4) is 0 Å². The Morgan fingerprint density at radius 2 is 2.44 bits per heavy atom. The molecular formula is C13H19NO3S. The first-order chi connectivity index (χ1) is 8.69. The molecule has 3 unspecified atom stereocenters. The lowest BCUT2D eigenvalue weighted by molar-refractivity contribution is -0.116. The monoisotopic (exact) mass is 269 g/mol. The third-order valence-corrected chi connectivity index (χ3v) is 4.96. The van der Waals surface area contributed by atoms with E-state index in [2.05, 4.69) is 4.98 Å². The van der Waals surface area contributed by atoms with Crippen LogP contribution >= 0.6 is 11.3 Å². The summed E-state index contributed by atoms with van der Waals surface area (Å²) in [7, 11) is 0. The fourth-order valence-corrected chi connectivity index (χ4v) is 3.81. The Morgan fingerprint density at radius 3 is 3.11 bits per heavy atom. The Bertz CT molecular complexity index is 414. The zero-order valence-corrected chi connectivity index (χ0v) is 11.4. The number of rotatable bonds is 2. The van der Waals surface area contributed by atoms with Crippen molar-refractivity contribution in [3.8, 4) is 0 Å². The molecule has 3 atom stereocenters. The molecular weight excluding hydrogens is 250 g/mol. The van der Waals surface area contributed by atoms with E-state index in [4.69, 9.17) is 9.47 Å². The van der Waals surface area contributed by atoms with Gasteiger partial charge in [-0.2, -0.15) is 0 Å². The van der Waals surface area contributed by atoms with Crippen molar-refractivity contribution < 1.29 is 14.6 Å². The van der Waals surface area contributed by atoms with Gasteiger partial charge in [-0.25, -0.2) is 4.98 Å². The van der Waals surface area contributed by atoms with Crippen LogP contribution in [0.1, 0.15) is 35.3 Å². The molecule has 0 amide bonds. The molecule has 1 aromatic rings. The van der Waals surface area contributed by atoms with Crippen molar-refractivity contribution in [3.63, 3.8) is 0 Å². The third kappa shape index (κ3) is 2.32. The van der Waals surface area contributed by atoms with Crippen LogP contribution in [0, 0.1) is 12.8 Å². The first-order valence-corrected chi connectivity index (χ1v) is 7.32. The molecule has 0 bridgehead atoms. The molecule has 18 heavy (non-hydrogen) atoms. The van der Waals surface area contributed by atoms with Crippen LogP contribution in [0.2, 0.25) is 0 Å². The summed E-state index contributed by atoms with van der Waals surface area (Å²) >= 11 is 1.59. The summed E-state index contributed by atoms with van der Waals surface area (Å²) in [4.78, 5) is 5.20. The standard InChI is InChI=1S/C13H19NO3S/c1-9-14-7-11(18-9)12(15)10-2-4-17-13(6-10)3-5-16-8-13/h7,10,12,15H,2-6,8H2,1H3. The number of hydrogen-bond acceptors (Lipinski definition) is 5. The first-order valence-electron chi connectivity index (χ1n) is 6.51. The summed E-state index contributed by atoms with van der Waals surface area (Å²) in [5.74, 6) is 0.264. The molecule has 0 radical (unpaired) electrons. The van der Waals surface area contributed by atoms with E-state index in [9.17, 15) is 5.11 Å². The minimum atomic E-state index is -0.405. The quantitative estimate of drug-likeness (QED) is 0.893. The van der Waals surface area contributed by atoms with Gasteiger partial charge in [-0.1, -0.05) is 0 Å². The van der Waals surface area contributed by atoms with Gasteiger partial charge >= 0.3 is 0 Å². The predicted molar refractivity (Wildman–Crippen MR) is 68.7 cm³/mol. The largest absolute Gasteiger partial charge is 0.387 e. The van der Waals surface area contributed by atoms with Gasteiger partial charge in [-0.15, -0.1) is 11.3 Å². The molecule has 1 aromatic heterocycles. The van der Waals surface area contributed by atoms with E-state index in [1.165, 1.54) is 0 Å². The van der Waals surface area contributed by atoms with Crippen molar-refractivity contribution in [2.75, 3.05) is 19.8 Å². The molecule has 2 aliphatic heterocycles. The van der Waals surface area contributed by atoms with E-state index in [0.717, 1.165) is 42.4 Å². The smallest absolute Gasteiger partial charge is 0.0940 e. The highest BCUT2D eigenvalue weighted by Crippen LogP contribution is 2.41. The second-order valence-corrected chi connectivity index (χ2v) is 6.58. The number of aromatic nitrogens is 1. The van der Waals surface area contributed by atoms with Gasteiger partial charge in [0.25, 0.3) is 0 Å². The van der Waals surface area contributed by atoms with Crippen molar-refractivity contribution in [2.24, 2.45) is 5.92 Å². The van der Waals surface area contributed by atoms with Gasteiger partial charge in [0.1, 0.15) is 0 Å². The van der Waals surface area contributed by atoms with Crippen molar-refractivity contribution in [1.29, 1.82) is 0 Å². The molecule has 3 rings (SSSR count). The molecule has 100 valence electrons. The number of aliphatic hydroxyl groups is 1. The van der Waals surface area contributed by atoms with Crippen molar-refractivity contribution in [3.05, 3.63) is 16.1 Å². The second kappa shape index (κ2) is 4.89. The van der Waals surface area contributed by atoms with Gasteiger partial charge in [0.05, 0.1) is 28.2 Å². The maximum absolute atomic E-state index is 10.5. The van der Waals surface area contributed by atoms with E-state index in [0.29, 0.717) is 6.61 Å². The molecule has 4 nitrogen and oxygen atoms in total. The van der Waals surface area contributed by atoms with Crippen molar-refractivity contribution in [1.82, 2.24) is 4.98 Å². The summed E-state index contributed by atoms with van der Waals surface area (Å²) in [6, 6.07) is 0.